The molecule has 0 unspecified atom stereocenters. The fourth-order valence-electron chi connectivity index (χ4n) is 6.39. The van der Waals surface area contributed by atoms with Crippen molar-refractivity contribution in [3.8, 4) is 22.9 Å². The zero-order valence-electron chi connectivity index (χ0n) is 21.7. The Morgan fingerprint density at radius 2 is 1.79 bits per heavy atom. The molecule has 1 aliphatic carbocycles. The lowest BCUT2D eigenvalue weighted by Crippen LogP contribution is -2.30. The van der Waals surface area contributed by atoms with Gasteiger partial charge in [-0.05, 0) is 74.1 Å². The molecule has 0 atom stereocenters. The van der Waals surface area contributed by atoms with E-state index in [2.05, 4.69) is 70.5 Å². The standard InChI is InChI=1S/C33H30N4O/c1-38-26-13-11-25(12-14-26)37-19-5-6-23-7-8-24-20-27-29(35-32(24)33(23)37)15-9-22-10-16-30(28(21-34)31(22)27)36-17-3-2-4-18-36/h5-8,10-14,16,20H,2-4,9,15,17-19H2,1H3. The van der Waals surface area contributed by atoms with Gasteiger partial charge >= 0.3 is 0 Å². The SMILES string of the molecule is COc1ccc(N2CC=Cc3ccc4cc5c(nc4c32)CCc2ccc(N3CCCCC3)c(C#N)c2-5)cc1. The van der Waals surface area contributed by atoms with Gasteiger partial charge in [-0.2, -0.15) is 5.26 Å². The van der Waals surface area contributed by atoms with E-state index in [1.807, 2.05) is 12.1 Å². The molecule has 1 aromatic heterocycles. The number of benzene rings is 3. The molecular formula is C33H30N4O. The molecule has 0 radical (unpaired) electrons. The van der Waals surface area contributed by atoms with Crippen LogP contribution in [0.25, 0.3) is 28.1 Å². The number of ether oxygens (including phenoxy) is 1. The summed E-state index contributed by atoms with van der Waals surface area (Å²) in [6.45, 7) is 2.84. The number of piperidine rings is 1. The Bertz CT molecular complexity index is 1620. The Balaban J connectivity index is 1.39. The van der Waals surface area contributed by atoms with Crippen LogP contribution in [0.1, 0.15) is 41.6 Å². The summed E-state index contributed by atoms with van der Waals surface area (Å²) < 4.78 is 5.38. The van der Waals surface area contributed by atoms with Crippen LogP contribution in [0.4, 0.5) is 17.1 Å². The summed E-state index contributed by atoms with van der Waals surface area (Å²) in [6, 6.07) is 21.9. The maximum Gasteiger partial charge on any atom is 0.119 e. The molecule has 0 amide bonds. The largest absolute Gasteiger partial charge is 0.497 e. The number of nitrogens with zero attached hydrogens (tertiary/aromatic N) is 4. The molecule has 4 aromatic rings. The maximum atomic E-state index is 10.4. The number of nitriles is 1. The van der Waals surface area contributed by atoms with Crippen molar-refractivity contribution in [1.29, 1.82) is 5.26 Å². The van der Waals surface area contributed by atoms with E-state index in [0.29, 0.717) is 0 Å². The van der Waals surface area contributed by atoms with Crippen molar-refractivity contribution in [1.82, 2.24) is 4.98 Å². The molecule has 0 spiro atoms. The lowest BCUT2D eigenvalue weighted by Gasteiger charge is -2.32. The van der Waals surface area contributed by atoms with E-state index in [9.17, 15) is 5.26 Å². The Labute approximate surface area is 223 Å². The highest BCUT2D eigenvalue weighted by Gasteiger charge is 2.27. The van der Waals surface area contributed by atoms with Crippen molar-refractivity contribution in [2.24, 2.45) is 0 Å². The maximum absolute atomic E-state index is 10.4. The molecular weight excluding hydrogens is 468 g/mol. The highest BCUT2D eigenvalue weighted by Crippen LogP contribution is 2.44. The average Bonchev–Trinajstić information content (AvgIpc) is 2.99. The molecule has 0 bridgehead atoms. The molecule has 3 heterocycles. The zero-order chi connectivity index (χ0) is 25.6. The van der Waals surface area contributed by atoms with Gasteiger partial charge in [0.05, 0.1) is 29.6 Å². The van der Waals surface area contributed by atoms with Gasteiger partial charge in [0.2, 0.25) is 0 Å². The second kappa shape index (κ2) is 9.22. The third-order valence-corrected chi connectivity index (χ3v) is 8.29. The third kappa shape index (κ3) is 3.63. The minimum absolute atomic E-state index is 0.789. The van der Waals surface area contributed by atoms with Gasteiger partial charge in [-0.3, -0.25) is 0 Å². The molecule has 2 aliphatic heterocycles. The highest BCUT2D eigenvalue weighted by atomic mass is 16.5. The van der Waals surface area contributed by atoms with Crippen molar-refractivity contribution < 1.29 is 4.74 Å². The summed E-state index contributed by atoms with van der Waals surface area (Å²) in [7, 11) is 1.69. The van der Waals surface area contributed by atoms with Crippen molar-refractivity contribution in [2.75, 3.05) is 36.5 Å². The molecule has 0 N–H and O–H groups in total. The first kappa shape index (κ1) is 22.9. The van der Waals surface area contributed by atoms with Crippen LogP contribution in [0.3, 0.4) is 0 Å². The van der Waals surface area contributed by atoms with Gasteiger partial charge in [0.1, 0.15) is 11.8 Å². The van der Waals surface area contributed by atoms with Crippen molar-refractivity contribution in [2.45, 2.75) is 32.1 Å². The molecule has 1 saturated heterocycles. The normalized spacial score (nSPS) is 16.0. The number of rotatable bonds is 3. The number of aromatic nitrogens is 1. The van der Waals surface area contributed by atoms with Crippen LogP contribution in [-0.4, -0.2) is 31.7 Å². The van der Waals surface area contributed by atoms with E-state index >= 15 is 0 Å². The molecule has 0 saturated carbocycles. The lowest BCUT2D eigenvalue weighted by atomic mass is 9.83. The van der Waals surface area contributed by atoms with E-state index < -0.39 is 0 Å². The van der Waals surface area contributed by atoms with E-state index in [-0.39, 0.29) is 0 Å². The minimum atomic E-state index is 0.789. The topological polar surface area (TPSA) is 52.4 Å². The van der Waals surface area contributed by atoms with Crippen LogP contribution in [0.2, 0.25) is 0 Å². The minimum Gasteiger partial charge on any atom is -0.497 e. The van der Waals surface area contributed by atoms with Crippen molar-refractivity contribution in [3.05, 3.63) is 83.1 Å². The van der Waals surface area contributed by atoms with Crippen LogP contribution in [0, 0.1) is 11.3 Å². The van der Waals surface area contributed by atoms with E-state index in [0.717, 1.165) is 88.6 Å². The molecule has 3 aliphatic rings. The number of methoxy groups -OCH3 is 1. The smallest absolute Gasteiger partial charge is 0.119 e. The number of anilines is 3. The van der Waals surface area contributed by atoms with Gasteiger partial charge in [0.25, 0.3) is 0 Å². The number of aryl methyl sites for hydroxylation is 2. The molecule has 1 fully saturated rings. The van der Waals surface area contributed by atoms with Crippen molar-refractivity contribution in [3.63, 3.8) is 0 Å². The van der Waals surface area contributed by atoms with Crippen LogP contribution in [0.15, 0.2) is 60.7 Å². The molecule has 7 rings (SSSR count). The number of pyridine rings is 1. The van der Waals surface area contributed by atoms with E-state index in [1.54, 1.807) is 7.11 Å². The number of hydrogen-bond donors (Lipinski definition) is 0. The van der Waals surface area contributed by atoms with Gasteiger partial charge in [-0.1, -0.05) is 30.4 Å². The summed E-state index contributed by atoms with van der Waals surface area (Å²) in [4.78, 5) is 10.1. The number of fused-ring (bicyclic) bond motifs is 6. The average molecular weight is 499 g/mol. The molecule has 5 nitrogen and oxygen atoms in total. The van der Waals surface area contributed by atoms with Gasteiger partial charge < -0.3 is 14.5 Å². The molecule has 188 valence electrons. The Kier molecular flexibility index (Phi) is 5.55. The Hall–Kier alpha value is -4.30. The summed E-state index contributed by atoms with van der Waals surface area (Å²) in [5, 5.41) is 11.5. The fraction of sp³-hybridized carbons (Fsp3) is 0.273. The summed E-state index contributed by atoms with van der Waals surface area (Å²) >= 11 is 0. The van der Waals surface area contributed by atoms with Crippen LogP contribution < -0.4 is 14.5 Å². The van der Waals surface area contributed by atoms with E-state index in [1.165, 1.54) is 30.4 Å². The van der Waals surface area contributed by atoms with Crippen LogP contribution in [-0.2, 0) is 12.8 Å². The first-order valence-corrected chi connectivity index (χ1v) is 13.6. The quantitative estimate of drug-likeness (QED) is 0.303. The first-order chi connectivity index (χ1) is 18.7. The third-order valence-electron chi connectivity index (χ3n) is 8.29. The molecule has 5 heteroatoms. The van der Waals surface area contributed by atoms with Gasteiger partial charge in [-0.15, -0.1) is 0 Å². The second-order valence-corrected chi connectivity index (χ2v) is 10.4. The monoisotopic (exact) mass is 498 g/mol. The summed E-state index contributed by atoms with van der Waals surface area (Å²) in [6.07, 6.45) is 9.85. The first-order valence-electron chi connectivity index (χ1n) is 13.6. The van der Waals surface area contributed by atoms with Gasteiger partial charge in [0, 0.05) is 53.1 Å². The summed E-state index contributed by atoms with van der Waals surface area (Å²) in [5.41, 5.74) is 10.9. The van der Waals surface area contributed by atoms with Gasteiger partial charge in [-0.25, -0.2) is 4.98 Å². The Morgan fingerprint density at radius 3 is 2.58 bits per heavy atom. The van der Waals surface area contributed by atoms with Crippen molar-refractivity contribution >= 4 is 34.0 Å². The van der Waals surface area contributed by atoms with Crippen LogP contribution in [0.5, 0.6) is 5.75 Å². The molecule has 3 aromatic carbocycles. The zero-order valence-corrected chi connectivity index (χ0v) is 21.7. The second-order valence-electron chi connectivity index (χ2n) is 10.4. The lowest BCUT2D eigenvalue weighted by molar-refractivity contribution is 0.415. The summed E-state index contributed by atoms with van der Waals surface area (Å²) in [5.74, 6) is 0.850. The Morgan fingerprint density at radius 1 is 0.947 bits per heavy atom. The van der Waals surface area contributed by atoms with Crippen LogP contribution >= 0.6 is 0 Å². The fourth-order valence-corrected chi connectivity index (χ4v) is 6.39. The predicted octanol–water partition coefficient (Wildman–Crippen LogP) is 7.04. The highest BCUT2D eigenvalue weighted by molar-refractivity contribution is 6.01. The molecule has 38 heavy (non-hydrogen) atoms. The van der Waals surface area contributed by atoms with Gasteiger partial charge in [0.15, 0.2) is 0 Å². The predicted molar refractivity (Wildman–Crippen MR) is 154 cm³/mol. The van der Waals surface area contributed by atoms with E-state index in [4.69, 9.17) is 9.72 Å². The number of hydrogen-bond acceptors (Lipinski definition) is 5.